The van der Waals surface area contributed by atoms with Crippen LogP contribution in [0.1, 0.15) is 84.2 Å². The van der Waals surface area contributed by atoms with Gasteiger partial charge in [-0.2, -0.15) is 5.10 Å². The molecule has 0 fully saturated rings. The number of aryl methyl sites for hydroxylation is 1. The number of benzene rings is 1. The monoisotopic (exact) mass is 440 g/mol. The lowest BCUT2D eigenvalue weighted by molar-refractivity contribution is 0.182. The highest BCUT2D eigenvalue weighted by atomic mass is 19.1. The van der Waals surface area contributed by atoms with Crippen molar-refractivity contribution in [3.63, 3.8) is 0 Å². The fourth-order valence-electron chi connectivity index (χ4n) is 4.85. The van der Waals surface area contributed by atoms with E-state index < -0.39 is 0 Å². The third-order valence-electron chi connectivity index (χ3n) is 6.75. The Labute approximate surface area is 194 Å². The number of halogens is 1. The van der Waals surface area contributed by atoms with Crippen LogP contribution in [0.5, 0.6) is 0 Å². The molecule has 0 saturated heterocycles. The number of fused-ring (bicyclic) bond motifs is 1. The molecule has 0 radical (unpaired) electrons. The van der Waals surface area contributed by atoms with Gasteiger partial charge in [0, 0.05) is 24.3 Å². The number of nitrogens with zero attached hydrogens (tertiary/aromatic N) is 4. The van der Waals surface area contributed by atoms with E-state index in [2.05, 4.69) is 68.7 Å². The third-order valence-corrected chi connectivity index (χ3v) is 6.75. The van der Waals surface area contributed by atoms with E-state index in [-0.39, 0.29) is 16.9 Å². The molecule has 0 atom stereocenters. The summed E-state index contributed by atoms with van der Waals surface area (Å²) in [7, 11) is 0. The highest BCUT2D eigenvalue weighted by Crippen LogP contribution is 2.34. The molecule has 4 nitrogen and oxygen atoms in total. The number of anilines is 1. The molecule has 1 aliphatic heterocycles. The van der Waals surface area contributed by atoms with Gasteiger partial charge < -0.3 is 9.80 Å². The Kier molecular flexibility index (Phi) is 7.06. The van der Waals surface area contributed by atoms with Crippen molar-refractivity contribution in [1.29, 1.82) is 0 Å². The number of rotatable bonds is 9. The lowest BCUT2D eigenvalue weighted by Gasteiger charge is -2.41. The van der Waals surface area contributed by atoms with Crippen LogP contribution < -0.4 is 4.90 Å². The molecule has 0 spiro atoms. The van der Waals surface area contributed by atoms with E-state index in [0.717, 1.165) is 48.7 Å². The van der Waals surface area contributed by atoms with Gasteiger partial charge in [-0.3, -0.25) is 4.68 Å². The van der Waals surface area contributed by atoms with Gasteiger partial charge in [-0.15, -0.1) is 0 Å². The smallest absolute Gasteiger partial charge is 0.128 e. The van der Waals surface area contributed by atoms with Crippen LogP contribution in [0.2, 0.25) is 0 Å². The summed E-state index contributed by atoms with van der Waals surface area (Å²) in [4.78, 5) is 4.69. The summed E-state index contributed by atoms with van der Waals surface area (Å²) in [5, 5.41) is 5.03. The molecule has 2 aromatic rings. The van der Waals surface area contributed by atoms with E-state index in [1.54, 1.807) is 13.0 Å². The van der Waals surface area contributed by atoms with Crippen molar-refractivity contribution in [3.05, 3.63) is 53.6 Å². The van der Waals surface area contributed by atoms with Crippen LogP contribution in [0.25, 0.3) is 5.70 Å². The van der Waals surface area contributed by atoms with Gasteiger partial charge in [-0.1, -0.05) is 39.3 Å². The van der Waals surface area contributed by atoms with E-state index in [1.165, 1.54) is 12.8 Å². The molecule has 0 bridgehead atoms. The molecule has 0 amide bonds. The minimum atomic E-state index is -0.208. The van der Waals surface area contributed by atoms with Crippen LogP contribution in [-0.2, 0) is 12.1 Å². The van der Waals surface area contributed by atoms with Crippen molar-refractivity contribution >= 4 is 11.4 Å². The van der Waals surface area contributed by atoms with Crippen molar-refractivity contribution < 1.29 is 4.39 Å². The first-order chi connectivity index (χ1) is 15.0. The second-order valence-corrected chi connectivity index (χ2v) is 10.5. The number of aromatic nitrogens is 2. The van der Waals surface area contributed by atoms with Gasteiger partial charge in [0.05, 0.1) is 23.5 Å². The van der Waals surface area contributed by atoms with Crippen molar-refractivity contribution in [1.82, 2.24) is 14.7 Å². The summed E-state index contributed by atoms with van der Waals surface area (Å²) in [6.45, 7) is 22.2. The lowest BCUT2D eigenvalue weighted by Crippen LogP contribution is -2.47. The number of unbranched alkanes of at least 4 members (excludes halogenated alkanes) is 1. The van der Waals surface area contributed by atoms with Gasteiger partial charge in [0.25, 0.3) is 0 Å². The molecule has 1 aromatic carbocycles. The number of hydrogen-bond acceptors (Lipinski definition) is 3. The summed E-state index contributed by atoms with van der Waals surface area (Å²) in [6.07, 6.45) is 4.60. The first-order valence-electron chi connectivity index (χ1n) is 12.1. The molecule has 0 unspecified atom stereocenters. The van der Waals surface area contributed by atoms with Gasteiger partial charge >= 0.3 is 0 Å². The Balaban J connectivity index is 1.91. The van der Waals surface area contributed by atoms with E-state index in [4.69, 9.17) is 5.10 Å². The van der Waals surface area contributed by atoms with Crippen LogP contribution in [-0.4, -0.2) is 33.3 Å². The quantitative estimate of drug-likeness (QED) is 0.432. The largest absolute Gasteiger partial charge is 0.365 e. The van der Waals surface area contributed by atoms with Crippen LogP contribution in [0, 0.1) is 12.7 Å². The standard InChI is InChI=1S/C27H41FN4/c1-9-11-14-26(5,6)31(15-10-2)21(4)25-17-23-18-30(19-27(7,8)32(23)29-25)22-13-12-20(3)24(28)16-22/h12-13,16-17H,4,9-11,14-15,18-19H2,1-3,5-8H3. The summed E-state index contributed by atoms with van der Waals surface area (Å²) < 4.78 is 16.4. The van der Waals surface area contributed by atoms with Gasteiger partial charge in [0.15, 0.2) is 0 Å². The van der Waals surface area contributed by atoms with Gasteiger partial charge in [-0.25, -0.2) is 4.39 Å². The first kappa shape index (κ1) is 24.3. The predicted octanol–water partition coefficient (Wildman–Crippen LogP) is 6.74. The average molecular weight is 441 g/mol. The Morgan fingerprint density at radius 2 is 1.94 bits per heavy atom. The second kappa shape index (κ2) is 9.29. The van der Waals surface area contributed by atoms with Crippen molar-refractivity contribution in [2.45, 2.75) is 91.8 Å². The van der Waals surface area contributed by atoms with Crippen LogP contribution in [0.15, 0.2) is 30.8 Å². The van der Waals surface area contributed by atoms with E-state index in [0.29, 0.717) is 12.1 Å². The Morgan fingerprint density at radius 3 is 2.56 bits per heavy atom. The summed E-state index contributed by atoms with van der Waals surface area (Å²) in [5.41, 5.74) is 4.51. The van der Waals surface area contributed by atoms with Crippen molar-refractivity contribution in [2.24, 2.45) is 0 Å². The molecule has 1 aliphatic rings. The summed E-state index contributed by atoms with van der Waals surface area (Å²) >= 11 is 0. The average Bonchev–Trinajstić information content (AvgIpc) is 3.17. The zero-order valence-electron chi connectivity index (χ0n) is 21.1. The van der Waals surface area contributed by atoms with Crippen molar-refractivity contribution in [3.8, 4) is 0 Å². The van der Waals surface area contributed by atoms with Crippen LogP contribution >= 0.6 is 0 Å². The molecule has 176 valence electrons. The molecule has 1 aromatic heterocycles. The van der Waals surface area contributed by atoms with Crippen LogP contribution in [0.3, 0.4) is 0 Å². The third kappa shape index (κ3) is 4.87. The molecule has 3 rings (SSSR count). The summed E-state index contributed by atoms with van der Waals surface area (Å²) in [6, 6.07) is 7.70. The highest BCUT2D eigenvalue weighted by Gasteiger charge is 2.35. The summed E-state index contributed by atoms with van der Waals surface area (Å²) in [5.74, 6) is -0.155. The van der Waals surface area contributed by atoms with Gasteiger partial charge in [-0.05, 0) is 71.2 Å². The maximum Gasteiger partial charge on any atom is 0.128 e. The van der Waals surface area contributed by atoms with Crippen LogP contribution in [0.4, 0.5) is 10.1 Å². The predicted molar refractivity (Wildman–Crippen MR) is 133 cm³/mol. The Hall–Kier alpha value is -2.30. The normalized spacial score (nSPS) is 15.6. The maximum atomic E-state index is 14.2. The van der Waals surface area contributed by atoms with E-state index >= 15 is 0 Å². The molecular formula is C27H41FN4. The van der Waals surface area contributed by atoms with Gasteiger partial charge in [0.2, 0.25) is 0 Å². The highest BCUT2D eigenvalue weighted by molar-refractivity contribution is 5.60. The first-order valence-corrected chi connectivity index (χ1v) is 12.1. The van der Waals surface area contributed by atoms with E-state index in [1.807, 2.05) is 12.1 Å². The zero-order valence-corrected chi connectivity index (χ0v) is 21.1. The Bertz CT molecular complexity index is 957. The topological polar surface area (TPSA) is 24.3 Å². The van der Waals surface area contributed by atoms with Gasteiger partial charge in [0.1, 0.15) is 11.5 Å². The second-order valence-electron chi connectivity index (χ2n) is 10.5. The zero-order chi connectivity index (χ0) is 23.7. The molecule has 32 heavy (non-hydrogen) atoms. The van der Waals surface area contributed by atoms with Crippen molar-refractivity contribution in [2.75, 3.05) is 18.0 Å². The molecule has 0 aliphatic carbocycles. The SMILES string of the molecule is C=C(c1cc2n(n1)C(C)(C)CN(c1ccc(C)c(F)c1)C2)N(CCC)C(C)(C)CCCC. The fraction of sp³-hybridized carbons (Fsp3) is 0.593. The molecule has 5 heteroatoms. The fourth-order valence-corrected chi connectivity index (χ4v) is 4.85. The Morgan fingerprint density at radius 1 is 1.22 bits per heavy atom. The molecular weight excluding hydrogens is 399 g/mol. The minimum Gasteiger partial charge on any atom is -0.365 e. The molecule has 0 saturated carbocycles. The van der Waals surface area contributed by atoms with E-state index in [9.17, 15) is 4.39 Å². The maximum absolute atomic E-state index is 14.2. The minimum absolute atomic E-state index is 0.0359. The molecule has 2 heterocycles. The number of hydrogen-bond donors (Lipinski definition) is 0. The lowest BCUT2D eigenvalue weighted by atomic mass is 9.93. The molecule has 0 N–H and O–H groups in total.